The molecule has 0 amide bonds. The highest BCUT2D eigenvalue weighted by molar-refractivity contribution is 7.56. The van der Waals surface area contributed by atoms with Crippen LogP contribution in [-0.2, 0) is 23.8 Å². The molecule has 1 aromatic rings. The number of Topliss-reactive ketones (excluding diaryl/α,β-unsaturated/α-hetero) is 1. The van der Waals surface area contributed by atoms with Gasteiger partial charge in [0.05, 0.1) is 13.2 Å². The van der Waals surface area contributed by atoms with Gasteiger partial charge in [0.25, 0.3) is 5.41 Å². The van der Waals surface area contributed by atoms with Crippen LogP contribution in [0.25, 0.3) is 0 Å². The van der Waals surface area contributed by atoms with Crippen LogP contribution in [-0.4, -0.2) is 19.0 Å². The summed E-state index contributed by atoms with van der Waals surface area (Å²) >= 11 is 0. The molecule has 0 aliphatic carbocycles. The molecular weight excluding hydrogens is 282 g/mol. The molecule has 6 heteroatoms. The van der Waals surface area contributed by atoms with Gasteiger partial charge in [0.1, 0.15) is 0 Å². The predicted octanol–water partition coefficient (Wildman–Crippen LogP) is 4.05. The molecular formula is C14H20FO4P. The summed E-state index contributed by atoms with van der Waals surface area (Å²) in [4.78, 5) is 12.1. The molecule has 0 aromatic heterocycles. The zero-order valence-electron chi connectivity index (χ0n) is 12.0. The van der Waals surface area contributed by atoms with Gasteiger partial charge in [-0.3, -0.25) is 9.36 Å². The Morgan fingerprint density at radius 2 is 1.65 bits per heavy atom. The number of ketones is 1. The summed E-state index contributed by atoms with van der Waals surface area (Å²) < 4.78 is 38.4. The van der Waals surface area contributed by atoms with Gasteiger partial charge in [-0.1, -0.05) is 37.3 Å². The van der Waals surface area contributed by atoms with Crippen LogP contribution in [0.1, 0.15) is 32.8 Å². The van der Waals surface area contributed by atoms with E-state index in [9.17, 15) is 9.36 Å². The van der Waals surface area contributed by atoms with Crippen molar-refractivity contribution in [1.82, 2.24) is 0 Å². The van der Waals surface area contributed by atoms with E-state index in [1.165, 1.54) is 19.1 Å². The van der Waals surface area contributed by atoms with E-state index >= 15 is 4.39 Å². The second kappa shape index (κ2) is 7.11. The molecule has 0 fully saturated rings. The molecule has 1 unspecified atom stereocenters. The normalized spacial score (nSPS) is 14.8. The molecule has 20 heavy (non-hydrogen) atoms. The zero-order chi connectivity index (χ0) is 15.2. The summed E-state index contributed by atoms with van der Waals surface area (Å²) in [6.45, 7) is 4.66. The Labute approximate surface area is 118 Å². The minimum absolute atomic E-state index is 0.00270. The summed E-state index contributed by atoms with van der Waals surface area (Å²) in [5.74, 6) is -0.811. The Bertz CT molecular complexity index is 481. The maximum absolute atomic E-state index is 15.5. The molecule has 0 aliphatic rings. The maximum Gasteiger partial charge on any atom is 0.379 e. The number of carbonyl (C=O) groups excluding carboxylic acids is 1. The van der Waals surface area contributed by atoms with Crippen LogP contribution in [0, 0.1) is 0 Å². The second-order valence-corrected chi connectivity index (χ2v) is 6.23. The number of benzene rings is 1. The fraction of sp³-hybridized carbons (Fsp3) is 0.500. The first-order valence-corrected chi connectivity index (χ1v) is 8.17. The lowest BCUT2D eigenvalue weighted by Gasteiger charge is -2.31. The van der Waals surface area contributed by atoms with Crippen molar-refractivity contribution >= 4 is 13.4 Å². The summed E-state index contributed by atoms with van der Waals surface area (Å²) in [6, 6.07) is 7.67. The summed E-state index contributed by atoms with van der Waals surface area (Å²) in [5.41, 5.74) is -0.00270. The van der Waals surface area contributed by atoms with Crippen molar-refractivity contribution in [3.63, 3.8) is 0 Å². The monoisotopic (exact) mass is 302 g/mol. The molecule has 4 nitrogen and oxygen atoms in total. The van der Waals surface area contributed by atoms with E-state index in [4.69, 9.17) is 9.05 Å². The van der Waals surface area contributed by atoms with Crippen molar-refractivity contribution in [2.24, 2.45) is 0 Å². The van der Waals surface area contributed by atoms with E-state index in [-0.39, 0.29) is 25.2 Å². The highest BCUT2D eigenvalue weighted by atomic mass is 31.2. The van der Waals surface area contributed by atoms with Crippen molar-refractivity contribution < 1.29 is 22.8 Å². The molecule has 0 heterocycles. The summed E-state index contributed by atoms with van der Waals surface area (Å²) in [6.07, 6.45) is -0.102. The predicted molar refractivity (Wildman–Crippen MR) is 75.4 cm³/mol. The standard InChI is InChI=1S/C14H20FO4P/c1-4-13(16)14(15,12-10-8-7-9-11-12)20(17,18-5-2)19-6-3/h7-11H,4-6H2,1-3H3. The largest absolute Gasteiger partial charge is 0.379 e. The van der Waals surface area contributed by atoms with E-state index in [1.807, 2.05) is 0 Å². The smallest absolute Gasteiger partial charge is 0.306 e. The van der Waals surface area contributed by atoms with Crippen LogP contribution < -0.4 is 0 Å². The van der Waals surface area contributed by atoms with E-state index in [0.717, 1.165) is 0 Å². The average Bonchev–Trinajstić information content (AvgIpc) is 2.46. The highest BCUT2D eigenvalue weighted by Crippen LogP contribution is 2.66. The number of halogens is 1. The van der Waals surface area contributed by atoms with Crippen LogP contribution in [0.5, 0.6) is 0 Å². The third-order valence-corrected chi connectivity index (χ3v) is 5.28. The first kappa shape index (κ1) is 17.0. The number of rotatable bonds is 8. The second-order valence-electron chi connectivity index (χ2n) is 4.10. The topological polar surface area (TPSA) is 52.6 Å². The molecule has 0 radical (unpaired) electrons. The lowest BCUT2D eigenvalue weighted by Crippen LogP contribution is -2.32. The summed E-state index contributed by atoms with van der Waals surface area (Å²) in [5, 5.41) is -2.77. The van der Waals surface area contributed by atoms with Gasteiger partial charge in [-0.25, -0.2) is 4.39 Å². The van der Waals surface area contributed by atoms with Gasteiger partial charge < -0.3 is 9.05 Å². The lowest BCUT2D eigenvalue weighted by molar-refractivity contribution is -0.127. The Hall–Kier alpha value is -1.03. The number of alkyl halides is 1. The summed E-state index contributed by atoms with van der Waals surface area (Å²) in [7, 11) is -4.25. The van der Waals surface area contributed by atoms with Crippen molar-refractivity contribution in [1.29, 1.82) is 0 Å². The van der Waals surface area contributed by atoms with E-state index in [1.54, 1.807) is 32.0 Å². The van der Waals surface area contributed by atoms with Gasteiger partial charge in [-0.05, 0) is 13.8 Å². The SMILES string of the molecule is CCOP(=O)(OCC)C(F)(C(=O)CC)c1ccccc1. The van der Waals surface area contributed by atoms with E-state index < -0.39 is 18.8 Å². The fourth-order valence-electron chi connectivity index (χ4n) is 1.92. The first-order valence-electron chi connectivity index (χ1n) is 6.63. The minimum atomic E-state index is -4.25. The molecule has 1 rings (SSSR count). The Morgan fingerprint density at radius 3 is 2.05 bits per heavy atom. The van der Waals surface area contributed by atoms with Crippen LogP contribution >= 0.6 is 7.60 Å². The van der Waals surface area contributed by atoms with E-state index in [0.29, 0.717) is 0 Å². The fourth-order valence-corrected chi connectivity index (χ4v) is 3.96. The van der Waals surface area contributed by atoms with Crippen molar-refractivity contribution in [2.45, 2.75) is 32.6 Å². The van der Waals surface area contributed by atoms with Gasteiger partial charge in [-0.15, -0.1) is 0 Å². The van der Waals surface area contributed by atoms with Gasteiger partial charge in [0, 0.05) is 12.0 Å². The number of hydrogen-bond acceptors (Lipinski definition) is 4. The van der Waals surface area contributed by atoms with Crippen LogP contribution in [0.4, 0.5) is 4.39 Å². The Balaban J connectivity index is 3.44. The Morgan fingerprint density at radius 1 is 1.15 bits per heavy atom. The third kappa shape index (κ3) is 3.00. The maximum atomic E-state index is 15.5. The number of carbonyl (C=O) groups is 1. The molecule has 0 saturated heterocycles. The molecule has 1 aromatic carbocycles. The Kier molecular flexibility index (Phi) is 6.06. The molecule has 0 aliphatic heterocycles. The van der Waals surface area contributed by atoms with Crippen LogP contribution in [0.15, 0.2) is 30.3 Å². The molecule has 1 atom stereocenters. The van der Waals surface area contributed by atoms with Gasteiger partial charge in [-0.2, -0.15) is 0 Å². The molecule has 0 spiro atoms. The quantitative estimate of drug-likeness (QED) is 0.680. The third-order valence-electron chi connectivity index (χ3n) is 2.82. The van der Waals surface area contributed by atoms with Crippen LogP contribution in [0.3, 0.4) is 0 Å². The molecule has 0 bridgehead atoms. The van der Waals surface area contributed by atoms with Crippen molar-refractivity contribution in [3.8, 4) is 0 Å². The molecule has 112 valence electrons. The average molecular weight is 302 g/mol. The molecule has 0 saturated carbocycles. The highest BCUT2D eigenvalue weighted by Gasteiger charge is 2.58. The van der Waals surface area contributed by atoms with Gasteiger partial charge in [0.2, 0.25) is 0 Å². The van der Waals surface area contributed by atoms with Crippen molar-refractivity contribution in [2.75, 3.05) is 13.2 Å². The first-order chi connectivity index (χ1) is 9.46. The zero-order valence-corrected chi connectivity index (χ0v) is 12.9. The van der Waals surface area contributed by atoms with Gasteiger partial charge >= 0.3 is 7.60 Å². The molecule has 0 N–H and O–H groups in total. The van der Waals surface area contributed by atoms with Crippen molar-refractivity contribution in [3.05, 3.63) is 35.9 Å². The lowest BCUT2D eigenvalue weighted by atomic mass is 10.0. The van der Waals surface area contributed by atoms with Crippen LogP contribution in [0.2, 0.25) is 0 Å². The number of hydrogen-bond donors (Lipinski definition) is 0. The minimum Gasteiger partial charge on any atom is -0.306 e. The van der Waals surface area contributed by atoms with E-state index in [2.05, 4.69) is 0 Å². The van der Waals surface area contributed by atoms with Gasteiger partial charge in [0.15, 0.2) is 5.78 Å².